The molecular weight excluding hydrogens is 783 g/mol. The molecule has 1 aliphatic carbocycles. The maximum Gasteiger partial charge on any atom is 0.141 e. The Hall–Kier alpha value is -3.44. The van der Waals surface area contributed by atoms with Crippen LogP contribution in [0.2, 0.25) is 19.6 Å². The summed E-state index contributed by atoms with van der Waals surface area (Å²) < 4.78 is 5.99. The first-order valence-corrected chi connectivity index (χ1v) is 20.6. The molecule has 0 saturated heterocycles. The molecule has 4 heterocycles. The molecule has 2 aromatic carbocycles. The fraction of sp³-hybridized carbons (Fsp3) is 0.357. The summed E-state index contributed by atoms with van der Waals surface area (Å²) in [6, 6.07) is 22.3. The molecule has 0 aliphatic heterocycles. The molecule has 0 atom stereocenters. The summed E-state index contributed by atoms with van der Waals surface area (Å²) in [5, 5.41) is 3.72. The Labute approximate surface area is 301 Å². The molecule has 251 valence electrons. The Bertz CT molecular complexity index is 2020. The molecule has 4 aromatic heterocycles. The Morgan fingerprint density at radius 1 is 0.854 bits per heavy atom. The molecule has 0 N–H and O–H groups in total. The van der Waals surface area contributed by atoms with Gasteiger partial charge in [0.1, 0.15) is 11.3 Å². The second-order valence-electron chi connectivity index (χ2n) is 14.8. The van der Waals surface area contributed by atoms with Gasteiger partial charge in [0.15, 0.2) is 0 Å². The molecule has 1 fully saturated rings. The SMILES string of the molecule is C[Si](C)(C)c1cnc(-c2[c-]cccc2)cc1C1CCCC1.Cc1cnc(-c2[c-]nc3oc4c(C)ccc(C)c4c3c2)cc1CC(C)C.[Ir]. The summed E-state index contributed by atoms with van der Waals surface area (Å²) in [5.74, 6) is 1.36. The second kappa shape index (κ2) is 15.0. The first kappa shape index (κ1) is 35.9. The van der Waals surface area contributed by atoms with Gasteiger partial charge in [-0.1, -0.05) is 81.7 Å². The molecule has 0 spiro atoms. The second-order valence-corrected chi connectivity index (χ2v) is 19.8. The Kier molecular flexibility index (Phi) is 11.2. The van der Waals surface area contributed by atoms with E-state index in [9.17, 15) is 0 Å². The van der Waals surface area contributed by atoms with Crippen molar-refractivity contribution in [2.75, 3.05) is 0 Å². The third-order valence-electron chi connectivity index (χ3n) is 9.47. The van der Waals surface area contributed by atoms with Gasteiger partial charge in [-0.3, -0.25) is 0 Å². The van der Waals surface area contributed by atoms with Crippen LogP contribution in [0.25, 0.3) is 44.6 Å². The van der Waals surface area contributed by atoms with Crippen LogP contribution in [0, 0.1) is 39.0 Å². The van der Waals surface area contributed by atoms with E-state index in [-0.39, 0.29) is 20.1 Å². The molecule has 48 heavy (non-hydrogen) atoms. The van der Waals surface area contributed by atoms with Crippen LogP contribution in [-0.2, 0) is 26.5 Å². The summed E-state index contributed by atoms with van der Waals surface area (Å²) in [6.07, 6.45) is 13.7. The number of nitrogens with zero attached hydrogens (tertiary/aromatic N) is 3. The van der Waals surface area contributed by atoms with Crippen molar-refractivity contribution in [3.8, 4) is 22.5 Å². The van der Waals surface area contributed by atoms with Crippen LogP contribution < -0.4 is 5.19 Å². The smallest absolute Gasteiger partial charge is 0.141 e. The van der Waals surface area contributed by atoms with E-state index in [4.69, 9.17) is 9.40 Å². The van der Waals surface area contributed by atoms with E-state index >= 15 is 0 Å². The summed E-state index contributed by atoms with van der Waals surface area (Å²) in [6.45, 7) is 18.1. The average Bonchev–Trinajstić information content (AvgIpc) is 3.73. The van der Waals surface area contributed by atoms with Crippen molar-refractivity contribution in [3.63, 3.8) is 0 Å². The van der Waals surface area contributed by atoms with Crippen LogP contribution in [0.3, 0.4) is 0 Å². The van der Waals surface area contributed by atoms with E-state index in [1.54, 1.807) is 10.8 Å². The summed E-state index contributed by atoms with van der Waals surface area (Å²) in [4.78, 5) is 13.8. The molecule has 1 saturated carbocycles. The molecule has 1 aliphatic rings. The van der Waals surface area contributed by atoms with Gasteiger partial charge in [0, 0.05) is 37.9 Å². The van der Waals surface area contributed by atoms with E-state index < -0.39 is 8.07 Å². The number of rotatable bonds is 6. The van der Waals surface area contributed by atoms with Gasteiger partial charge in [-0.2, -0.15) is 0 Å². The third-order valence-corrected chi connectivity index (χ3v) is 11.5. The summed E-state index contributed by atoms with van der Waals surface area (Å²) in [5.41, 5.74) is 12.0. The predicted molar refractivity (Wildman–Crippen MR) is 199 cm³/mol. The van der Waals surface area contributed by atoms with Crippen molar-refractivity contribution in [1.82, 2.24) is 15.0 Å². The minimum atomic E-state index is -1.34. The van der Waals surface area contributed by atoms with Crippen molar-refractivity contribution < 1.29 is 24.5 Å². The fourth-order valence-corrected chi connectivity index (χ4v) is 8.48. The third kappa shape index (κ3) is 7.72. The average molecular weight is 830 g/mol. The van der Waals surface area contributed by atoms with Crippen LogP contribution in [0.1, 0.15) is 73.3 Å². The molecule has 0 unspecified atom stereocenters. The number of aromatic nitrogens is 3. The first-order chi connectivity index (χ1) is 22.5. The van der Waals surface area contributed by atoms with Gasteiger partial charge < -0.3 is 19.4 Å². The number of aryl methyl sites for hydroxylation is 3. The number of fused-ring (bicyclic) bond motifs is 3. The number of furan rings is 1. The zero-order valence-electron chi connectivity index (χ0n) is 29.6. The largest absolute Gasteiger partial charge is 0.482 e. The fourth-order valence-electron chi connectivity index (χ4n) is 6.89. The van der Waals surface area contributed by atoms with Crippen LogP contribution in [-0.4, -0.2) is 23.0 Å². The molecule has 0 bridgehead atoms. The van der Waals surface area contributed by atoms with E-state index in [1.807, 2.05) is 18.3 Å². The van der Waals surface area contributed by atoms with E-state index in [1.165, 1.54) is 42.4 Å². The van der Waals surface area contributed by atoms with Crippen LogP contribution in [0.5, 0.6) is 0 Å². The quantitative estimate of drug-likeness (QED) is 0.124. The molecule has 6 aromatic rings. The number of hydrogen-bond donors (Lipinski definition) is 0. The van der Waals surface area contributed by atoms with Gasteiger partial charge in [0.25, 0.3) is 0 Å². The molecular formula is C42H47IrN3OSi-2. The molecule has 4 nitrogen and oxygen atoms in total. The topological polar surface area (TPSA) is 51.8 Å². The van der Waals surface area contributed by atoms with Crippen molar-refractivity contribution in [3.05, 3.63) is 107 Å². The number of benzene rings is 2. The minimum Gasteiger partial charge on any atom is -0.482 e. The first-order valence-electron chi connectivity index (χ1n) is 17.1. The van der Waals surface area contributed by atoms with E-state index in [0.717, 1.165) is 56.8 Å². The monoisotopic (exact) mass is 830 g/mol. The molecule has 7 rings (SSSR count). The van der Waals surface area contributed by atoms with Gasteiger partial charge in [0.2, 0.25) is 0 Å². The van der Waals surface area contributed by atoms with Crippen molar-refractivity contribution in [1.29, 1.82) is 0 Å². The van der Waals surface area contributed by atoms with Crippen LogP contribution >= 0.6 is 0 Å². The number of hydrogen-bond acceptors (Lipinski definition) is 4. The van der Waals surface area contributed by atoms with Crippen molar-refractivity contribution >= 4 is 35.3 Å². The normalized spacial score (nSPS) is 13.5. The molecule has 0 amide bonds. The minimum absolute atomic E-state index is 0. The maximum atomic E-state index is 5.99. The van der Waals surface area contributed by atoms with Crippen LogP contribution in [0.4, 0.5) is 0 Å². The van der Waals surface area contributed by atoms with Gasteiger partial charge in [-0.05, 0) is 96.7 Å². The molecule has 6 heteroatoms. The van der Waals surface area contributed by atoms with E-state index in [2.05, 4.69) is 125 Å². The van der Waals surface area contributed by atoms with Crippen molar-refractivity contribution in [2.24, 2.45) is 5.92 Å². The summed E-state index contributed by atoms with van der Waals surface area (Å²) in [7, 11) is -1.34. The Balaban J connectivity index is 0.000000188. The number of pyridine rings is 3. The summed E-state index contributed by atoms with van der Waals surface area (Å²) >= 11 is 0. The predicted octanol–water partition coefficient (Wildman–Crippen LogP) is 10.7. The Morgan fingerprint density at radius 3 is 2.25 bits per heavy atom. The van der Waals surface area contributed by atoms with Crippen molar-refractivity contribution in [2.45, 2.75) is 92.3 Å². The van der Waals surface area contributed by atoms with Crippen LogP contribution in [0.15, 0.2) is 71.4 Å². The van der Waals surface area contributed by atoms with Gasteiger partial charge >= 0.3 is 0 Å². The van der Waals surface area contributed by atoms with Gasteiger partial charge in [-0.15, -0.1) is 47.5 Å². The zero-order chi connectivity index (χ0) is 33.3. The maximum absolute atomic E-state index is 5.99. The standard InChI is InChI=1S/C23H23N2O.C19H24NSi.Ir/c1-13(2)8-17-10-20(24-11-16(17)5)18-9-19-21-14(3)6-7-15(4)22(21)26-23(19)25-12-18;1-21(2,3)19-14-20-18(16-11-5-4-6-12-16)13-17(19)15-9-7-8-10-15;/h6-7,9-11,13H,8H2,1-5H3;4-6,11,13-15H,7-10H2,1-3H3;/q2*-1;. The Morgan fingerprint density at radius 2 is 1.56 bits per heavy atom. The van der Waals surface area contributed by atoms with Gasteiger partial charge in [0.05, 0.1) is 8.07 Å². The van der Waals surface area contributed by atoms with Gasteiger partial charge in [-0.25, -0.2) is 0 Å². The zero-order valence-corrected chi connectivity index (χ0v) is 33.0. The van der Waals surface area contributed by atoms with E-state index in [0.29, 0.717) is 11.6 Å². The molecule has 1 radical (unpaired) electrons.